The maximum atomic E-state index is 15.0. The quantitative estimate of drug-likeness (QED) is 0.374. The lowest BCUT2D eigenvalue weighted by Gasteiger charge is -2.24. The van der Waals surface area contributed by atoms with Crippen molar-refractivity contribution < 1.29 is 9.13 Å². The molecule has 0 N–H and O–H groups in total. The average Bonchev–Trinajstić information content (AvgIpc) is 3.33. The van der Waals surface area contributed by atoms with E-state index < -0.39 is 14.3 Å². The van der Waals surface area contributed by atoms with Crippen molar-refractivity contribution in [2.45, 2.75) is 0 Å². The van der Waals surface area contributed by atoms with Gasteiger partial charge in [0.05, 0.1) is 0 Å². The number of rotatable bonds is 3. The molecule has 0 aliphatic carbocycles. The number of hydrogen-bond acceptors (Lipinski definition) is 2. The fraction of sp³-hybridized carbons (Fsp3) is 0. The van der Waals surface area contributed by atoms with Crippen LogP contribution in [0.5, 0.6) is 0 Å². The van der Waals surface area contributed by atoms with Gasteiger partial charge in [0.2, 0.25) is 0 Å². The second-order valence-electron chi connectivity index (χ2n) is 8.07. The van der Waals surface area contributed by atoms with E-state index in [-0.39, 0.29) is 0 Å². The van der Waals surface area contributed by atoms with E-state index in [1.54, 1.807) is 0 Å². The molecule has 2 unspecified atom stereocenters. The van der Waals surface area contributed by atoms with Crippen LogP contribution in [0.4, 0.5) is 0 Å². The summed E-state index contributed by atoms with van der Waals surface area (Å²) < 4.78 is 30.0. The Bertz CT molecular complexity index is 1400. The van der Waals surface area contributed by atoms with Crippen LogP contribution in [0, 0.1) is 0 Å². The number of allylic oxidation sites excluding steroid dienone is 2. The smallest absolute Gasteiger partial charge is 0.172 e. The standard InChI is InChI=1S/C28H20O2P2/c29-31(23-13-3-1-4-14-23)25-17-9-7-11-21(25)19-27(31)28-20-22-12-8-10-18-26(22)32(28,30)24-15-5-2-6-16-24/h1-20H. The highest BCUT2D eigenvalue weighted by atomic mass is 31.2. The highest BCUT2D eigenvalue weighted by Gasteiger charge is 2.48. The molecule has 4 aromatic rings. The van der Waals surface area contributed by atoms with Crippen LogP contribution < -0.4 is 21.2 Å². The fourth-order valence-electron chi connectivity index (χ4n) is 4.83. The van der Waals surface area contributed by atoms with Crippen molar-refractivity contribution >= 4 is 47.7 Å². The van der Waals surface area contributed by atoms with Crippen LogP contribution in [-0.4, -0.2) is 0 Å². The van der Waals surface area contributed by atoms with Crippen LogP contribution in [0.15, 0.2) is 120 Å². The molecule has 0 saturated heterocycles. The maximum absolute atomic E-state index is 15.0. The first-order valence-electron chi connectivity index (χ1n) is 10.6. The largest absolute Gasteiger partial charge is 0.309 e. The summed E-state index contributed by atoms with van der Waals surface area (Å²) >= 11 is 0. The second kappa shape index (κ2) is 7.17. The predicted molar refractivity (Wildman–Crippen MR) is 135 cm³/mol. The Balaban J connectivity index is 1.66. The van der Waals surface area contributed by atoms with Gasteiger partial charge in [0.1, 0.15) is 0 Å². The Morgan fingerprint density at radius 1 is 0.406 bits per heavy atom. The van der Waals surface area contributed by atoms with Crippen molar-refractivity contribution in [3.05, 3.63) is 131 Å². The Hall–Kier alpha value is -3.18. The molecule has 2 heterocycles. The lowest BCUT2D eigenvalue weighted by atomic mass is 10.2. The molecule has 0 radical (unpaired) electrons. The third-order valence-corrected chi connectivity index (χ3v) is 12.8. The van der Waals surface area contributed by atoms with Crippen molar-refractivity contribution in [2.75, 3.05) is 0 Å². The third kappa shape index (κ3) is 2.61. The van der Waals surface area contributed by atoms with Gasteiger partial charge in [-0.2, -0.15) is 0 Å². The van der Waals surface area contributed by atoms with Gasteiger partial charge in [0.25, 0.3) is 0 Å². The van der Waals surface area contributed by atoms with Crippen LogP contribution in [0.3, 0.4) is 0 Å². The molecule has 154 valence electrons. The Labute approximate surface area is 187 Å². The molecule has 2 atom stereocenters. The van der Waals surface area contributed by atoms with E-state index in [1.807, 2.05) is 121 Å². The number of benzene rings is 4. The van der Waals surface area contributed by atoms with E-state index in [1.165, 1.54) is 0 Å². The molecule has 6 rings (SSSR count). The summed E-state index contributed by atoms with van der Waals surface area (Å²) in [5.74, 6) is 0. The van der Waals surface area contributed by atoms with Crippen LogP contribution in [0.2, 0.25) is 0 Å². The van der Waals surface area contributed by atoms with Gasteiger partial charge in [0, 0.05) is 31.8 Å². The SMILES string of the molecule is O=P1(c2ccccc2)C(C2=Cc3ccccc3P2(=O)c2ccccc2)=Cc2ccccc21. The van der Waals surface area contributed by atoms with E-state index in [9.17, 15) is 9.13 Å². The summed E-state index contributed by atoms with van der Waals surface area (Å²) in [5, 5.41) is 4.55. The summed E-state index contributed by atoms with van der Waals surface area (Å²) in [7, 11) is -6.36. The van der Waals surface area contributed by atoms with Crippen molar-refractivity contribution in [2.24, 2.45) is 0 Å². The minimum absolute atomic E-state index is 0.688. The predicted octanol–water partition coefficient (Wildman–Crippen LogP) is 5.72. The zero-order chi connectivity index (χ0) is 21.8. The van der Waals surface area contributed by atoms with E-state index >= 15 is 0 Å². The summed E-state index contributed by atoms with van der Waals surface area (Å²) in [6.07, 6.45) is 3.99. The molecule has 2 aliphatic heterocycles. The molecule has 0 spiro atoms. The molecular formula is C28H20O2P2. The molecule has 4 aromatic carbocycles. The molecule has 32 heavy (non-hydrogen) atoms. The van der Waals surface area contributed by atoms with Gasteiger partial charge in [-0.3, -0.25) is 0 Å². The normalized spacial score (nSPS) is 23.2. The van der Waals surface area contributed by atoms with Crippen LogP contribution in [0.1, 0.15) is 11.1 Å². The van der Waals surface area contributed by atoms with E-state index in [0.29, 0.717) is 10.6 Å². The topological polar surface area (TPSA) is 34.1 Å². The maximum Gasteiger partial charge on any atom is 0.172 e. The molecule has 0 amide bonds. The Morgan fingerprint density at radius 2 is 0.750 bits per heavy atom. The van der Waals surface area contributed by atoms with Crippen molar-refractivity contribution in [3.63, 3.8) is 0 Å². The minimum atomic E-state index is -3.18. The third-order valence-electron chi connectivity index (χ3n) is 6.32. The summed E-state index contributed by atoms with van der Waals surface area (Å²) in [6, 6.07) is 34.9. The van der Waals surface area contributed by atoms with Crippen molar-refractivity contribution in [1.29, 1.82) is 0 Å². The van der Waals surface area contributed by atoms with Gasteiger partial charge in [-0.15, -0.1) is 0 Å². The number of hydrogen-bond donors (Lipinski definition) is 0. The van der Waals surface area contributed by atoms with Gasteiger partial charge < -0.3 is 9.13 Å². The van der Waals surface area contributed by atoms with Crippen LogP contribution in [0.25, 0.3) is 12.2 Å². The van der Waals surface area contributed by atoms with E-state index in [2.05, 4.69) is 0 Å². The van der Waals surface area contributed by atoms with Crippen LogP contribution >= 0.6 is 14.3 Å². The van der Waals surface area contributed by atoms with Gasteiger partial charge >= 0.3 is 0 Å². The van der Waals surface area contributed by atoms with Crippen molar-refractivity contribution in [3.8, 4) is 0 Å². The molecule has 0 saturated carbocycles. The minimum Gasteiger partial charge on any atom is -0.309 e. The van der Waals surface area contributed by atoms with Gasteiger partial charge in [-0.25, -0.2) is 0 Å². The molecule has 0 aromatic heterocycles. The van der Waals surface area contributed by atoms with E-state index in [4.69, 9.17) is 0 Å². The monoisotopic (exact) mass is 450 g/mol. The van der Waals surface area contributed by atoms with Crippen molar-refractivity contribution in [1.82, 2.24) is 0 Å². The van der Waals surface area contributed by atoms with E-state index in [0.717, 1.165) is 32.3 Å². The van der Waals surface area contributed by atoms with Gasteiger partial charge in [-0.05, 0) is 23.3 Å². The number of fused-ring (bicyclic) bond motifs is 2. The average molecular weight is 450 g/mol. The van der Waals surface area contributed by atoms with Crippen LogP contribution in [-0.2, 0) is 9.13 Å². The summed E-state index contributed by atoms with van der Waals surface area (Å²) in [4.78, 5) is 0. The first kappa shape index (κ1) is 19.5. The lowest BCUT2D eigenvalue weighted by molar-refractivity contribution is 0.588. The Morgan fingerprint density at radius 3 is 1.16 bits per heavy atom. The highest BCUT2D eigenvalue weighted by molar-refractivity contribution is 7.88. The molecule has 4 heteroatoms. The zero-order valence-corrected chi connectivity index (χ0v) is 19.0. The summed E-state index contributed by atoms with van der Waals surface area (Å²) in [6.45, 7) is 0. The summed E-state index contributed by atoms with van der Waals surface area (Å²) in [5.41, 5.74) is 1.87. The first-order chi connectivity index (χ1) is 15.6. The molecule has 2 aliphatic rings. The van der Waals surface area contributed by atoms with Gasteiger partial charge in [-0.1, -0.05) is 109 Å². The fourth-order valence-corrected chi connectivity index (χ4v) is 11.5. The molecule has 2 nitrogen and oxygen atoms in total. The lowest BCUT2D eigenvalue weighted by Crippen LogP contribution is -2.19. The second-order valence-corrected chi connectivity index (χ2v) is 13.5. The Kier molecular flexibility index (Phi) is 4.37. The van der Waals surface area contributed by atoms with Gasteiger partial charge in [0.15, 0.2) is 14.3 Å². The molecular weight excluding hydrogens is 430 g/mol. The molecule has 0 bridgehead atoms. The zero-order valence-electron chi connectivity index (χ0n) is 17.3. The molecule has 0 fully saturated rings. The first-order valence-corrected chi connectivity index (χ1v) is 14.0. The highest BCUT2D eigenvalue weighted by Crippen LogP contribution is 2.70.